The number of benzene rings is 2. The van der Waals surface area contributed by atoms with Crippen LogP contribution in [0.25, 0.3) is 11.3 Å². The predicted molar refractivity (Wildman–Crippen MR) is 114 cm³/mol. The first kappa shape index (κ1) is 19.7. The van der Waals surface area contributed by atoms with Crippen LogP contribution in [0.1, 0.15) is 12.5 Å². The molecule has 0 radical (unpaired) electrons. The molecule has 6 nitrogen and oxygen atoms in total. The van der Waals surface area contributed by atoms with Gasteiger partial charge < -0.3 is 15.4 Å². The highest BCUT2D eigenvalue weighted by Gasteiger charge is 2.08. The molecule has 0 aliphatic heterocycles. The minimum absolute atomic E-state index is 0.314. The number of carbonyl (C=O) groups is 1. The summed E-state index contributed by atoms with van der Waals surface area (Å²) in [5.74, 6) is 1.71. The second kappa shape index (κ2) is 9.23. The van der Waals surface area contributed by atoms with E-state index in [1.165, 1.54) is 0 Å². The monoisotopic (exact) mass is 394 g/mol. The molecular weight excluding hydrogens is 372 g/mol. The van der Waals surface area contributed by atoms with E-state index < -0.39 is 0 Å². The van der Waals surface area contributed by atoms with Gasteiger partial charge >= 0.3 is 6.03 Å². The van der Waals surface area contributed by atoms with E-state index in [1.807, 2.05) is 61.5 Å². The van der Waals surface area contributed by atoms with Crippen molar-refractivity contribution in [2.24, 2.45) is 0 Å². The molecular formula is C21H22N4O2S. The van der Waals surface area contributed by atoms with Gasteiger partial charge in [-0.3, -0.25) is 0 Å². The first-order valence-electron chi connectivity index (χ1n) is 8.88. The number of nitrogens with one attached hydrogen (secondary N) is 2. The largest absolute Gasteiger partial charge is 0.497 e. The van der Waals surface area contributed by atoms with E-state index in [0.29, 0.717) is 5.69 Å². The summed E-state index contributed by atoms with van der Waals surface area (Å²) in [5, 5.41) is 15.1. The van der Waals surface area contributed by atoms with Gasteiger partial charge in [0.25, 0.3) is 0 Å². The Bertz CT molecular complexity index is 961. The molecule has 7 heteroatoms. The number of hydrogen-bond acceptors (Lipinski definition) is 5. The summed E-state index contributed by atoms with van der Waals surface area (Å²) in [6, 6.07) is 16.6. The summed E-state index contributed by atoms with van der Waals surface area (Å²) in [6.07, 6.45) is 0. The third-order valence-corrected chi connectivity index (χ3v) is 4.83. The van der Waals surface area contributed by atoms with Crippen LogP contribution in [-0.4, -0.2) is 29.1 Å². The van der Waals surface area contributed by atoms with Crippen LogP contribution in [0, 0.1) is 6.92 Å². The minimum atomic E-state index is -0.314. The van der Waals surface area contributed by atoms with Crippen molar-refractivity contribution in [2.45, 2.75) is 18.9 Å². The van der Waals surface area contributed by atoms with Crippen molar-refractivity contribution in [2.75, 3.05) is 23.5 Å². The van der Waals surface area contributed by atoms with Crippen LogP contribution in [0.5, 0.6) is 5.75 Å². The Morgan fingerprint density at radius 3 is 2.61 bits per heavy atom. The Hall–Kier alpha value is -3.06. The minimum Gasteiger partial charge on any atom is -0.497 e. The highest BCUT2D eigenvalue weighted by molar-refractivity contribution is 7.99. The lowest BCUT2D eigenvalue weighted by Gasteiger charge is -2.11. The molecule has 2 amide bonds. The van der Waals surface area contributed by atoms with Crippen molar-refractivity contribution in [1.82, 2.24) is 10.2 Å². The quantitative estimate of drug-likeness (QED) is 0.561. The Kier molecular flexibility index (Phi) is 6.49. The highest BCUT2D eigenvalue weighted by Crippen LogP contribution is 2.24. The molecule has 0 unspecified atom stereocenters. The van der Waals surface area contributed by atoms with Crippen molar-refractivity contribution in [3.63, 3.8) is 0 Å². The Labute approximate surface area is 168 Å². The molecule has 2 aromatic carbocycles. The SMILES string of the molecule is CCSc1ccc(-c2cccc(NC(=O)Nc3ccc(OC)cc3C)c2)nn1. The molecule has 0 saturated heterocycles. The number of rotatable bonds is 6. The highest BCUT2D eigenvalue weighted by atomic mass is 32.2. The van der Waals surface area contributed by atoms with Gasteiger partial charge in [0.15, 0.2) is 0 Å². The van der Waals surface area contributed by atoms with Crippen LogP contribution in [-0.2, 0) is 0 Å². The van der Waals surface area contributed by atoms with Crippen molar-refractivity contribution in [3.8, 4) is 17.0 Å². The summed E-state index contributed by atoms with van der Waals surface area (Å²) in [7, 11) is 1.61. The summed E-state index contributed by atoms with van der Waals surface area (Å²) in [4.78, 5) is 12.4. The third-order valence-electron chi connectivity index (χ3n) is 4.03. The zero-order valence-corrected chi connectivity index (χ0v) is 16.8. The van der Waals surface area contributed by atoms with Crippen LogP contribution in [0.3, 0.4) is 0 Å². The van der Waals surface area contributed by atoms with E-state index in [-0.39, 0.29) is 6.03 Å². The number of carbonyl (C=O) groups excluding carboxylic acids is 1. The molecule has 0 atom stereocenters. The van der Waals surface area contributed by atoms with E-state index in [9.17, 15) is 4.79 Å². The topological polar surface area (TPSA) is 76.1 Å². The van der Waals surface area contributed by atoms with Crippen LogP contribution >= 0.6 is 11.8 Å². The maximum Gasteiger partial charge on any atom is 0.323 e. The number of methoxy groups -OCH3 is 1. The molecule has 0 bridgehead atoms. The van der Waals surface area contributed by atoms with Crippen LogP contribution < -0.4 is 15.4 Å². The molecule has 1 aromatic heterocycles. The number of thioether (sulfide) groups is 1. The first-order chi connectivity index (χ1) is 13.6. The molecule has 0 saturated carbocycles. The Morgan fingerprint density at radius 1 is 1.07 bits per heavy atom. The molecule has 0 aliphatic carbocycles. The van der Waals surface area contributed by atoms with Gasteiger partial charge in [0.1, 0.15) is 10.8 Å². The standard InChI is InChI=1S/C21H22N4O2S/c1-4-28-20-11-10-19(24-25-20)15-6-5-7-16(13-15)22-21(26)23-18-9-8-17(27-3)12-14(18)2/h5-13H,4H2,1-3H3,(H2,22,23,26). The van der Waals surface area contributed by atoms with Crippen LogP contribution in [0.2, 0.25) is 0 Å². The number of aromatic nitrogens is 2. The number of aryl methyl sites for hydroxylation is 1. The average Bonchev–Trinajstić information content (AvgIpc) is 2.70. The van der Waals surface area contributed by atoms with Gasteiger partial charge in [0.2, 0.25) is 0 Å². The van der Waals surface area contributed by atoms with Crippen LogP contribution in [0.15, 0.2) is 59.6 Å². The molecule has 144 valence electrons. The summed E-state index contributed by atoms with van der Waals surface area (Å²) < 4.78 is 5.19. The molecule has 0 fully saturated rings. The molecule has 3 rings (SSSR count). The fraction of sp³-hybridized carbons (Fsp3) is 0.190. The van der Waals surface area contributed by atoms with Gasteiger partial charge in [-0.15, -0.1) is 22.0 Å². The fourth-order valence-corrected chi connectivity index (χ4v) is 3.20. The van der Waals surface area contributed by atoms with Crippen LogP contribution in [0.4, 0.5) is 16.2 Å². The maximum absolute atomic E-state index is 12.4. The number of anilines is 2. The molecule has 2 N–H and O–H groups in total. The van der Waals surface area contributed by atoms with Crippen molar-refractivity contribution in [1.29, 1.82) is 0 Å². The average molecular weight is 395 g/mol. The predicted octanol–water partition coefficient (Wildman–Crippen LogP) is 5.22. The van der Waals surface area contributed by atoms with Gasteiger partial charge in [-0.25, -0.2) is 4.79 Å². The number of urea groups is 1. The number of hydrogen-bond donors (Lipinski definition) is 2. The van der Waals surface area contributed by atoms with Crippen molar-refractivity contribution < 1.29 is 9.53 Å². The molecule has 0 spiro atoms. The Balaban J connectivity index is 1.69. The first-order valence-corrected chi connectivity index (χ1v) is 9.87. The van der Waals surface area contributed by atoms with Gasteiger partial charge in [0, 0.05) is 16.9 Å². The zero-order chi connectivity index (χ0) is 19.9. The lowest BCUT2D eigenvalue weighted by molar-refractivity contribution is 0.262. The lowest BCUT2D eigenvalue weighted by Crippen LogP contribution is -2.20. The van der Waals surface area contributed by atoms with Gasteiger partial charge in [-0.05, 0) is 60.7 Å². The molecule has 0 aliphatic rings. The maximum atomic E-state index is 12.4. The van der Waals surface area contributed by atoms with Gasteiger partial charge in [-0.1, -0.05) is 19.1 Å². The molecule has 3 aromatic rings. The molecule has 1 heterocycles. The summed E-state index contributed by atoms with van der Waals surface area (Å²) in [6.45, 7) is 3.99. The number of nitrogens with zero attached hydrogens (tertiary/aromatic N) is 2. The van der Waals surface area contributed by atoms with E-state index in [2.05, 4.69) is 27.8 Å². The van der Waals surface area contributed by atoms with E-state index in [4.69, 9.17) is 4.74 Å². The summed E-state index contributed by atoms with van der Waals surface area (Å²) >= 11 is 1.65. The van der Waals surface area contributed by atoms with E-state index in [0.717, 1.165) is 39.0 Å². The second-order valence-corrected chi connectivity index (χ2v) is 7.31. The Morgan fingerprint density at radius 2 is 1.93 bits per heavy atom. The van der Waals surface area contributed by atoms with Crippen molar-refractivity contribution >= 4 is 29.2 Å². The fourth-order valence-electron chi connectivity index (χ4n) is 2.64. The van der Waals surface area contributed by atoms with E-state index >= 15 is 0 Å². The van der Waals surface area contributed by atoms with Gasteiger partial charge in [-0.2, -0.15) is 0 Å². The second-order valence-electron chi connectivity index (χ2n) is 6.03. The zero-order valence-electron chi connectivity index (χ0n) is 16.0. The third kappa shape index (κ3) is 5.01. The lowest BCUT2D eigenvalue weighted by atomic mass is 10.1. The summed E-state index contributed by atoms with van der Waals surface area (Å²) in [5.41, 5.74) is 3.97. The van der Waals surface area contributed by atoms with Gasteiger partial charge in [0.05, 0.1) is 12.8 Å². The van der Waals surface area contributed by atoms with Crippen molar-refractivity contribution in [3.05, 3.63) is 60.2 Å². The smallest absolute Gasteiger partial charge is 0.323 e. The van der Waals surface area contributed by atoms with E-state index in [1.54, 1.807) is 18.9 Å². The normalized spacial score (nSPS) is 10.4. The molecule has 28 heavy (non-hydrogen) atoms. The number of ether oxygens (including phenoxy) is 1. The number of amides is 2.